The van der Waals surface area contributed by atoms with E-state index in [0.29, 0.717) is 44.5 Å². The smallest absolute Gasteiger partial charge is 0.416 e. The highest BCUT2D eigenvalue weighted by Crippen LogP contribution is 2.69. The molecular formula is C31H33F3N2O4. The van der Waals surface area contributed by atoms with E-state index in [-0.39, 0.29) is 23.3 Å². The molecule has 2 aliphatic heterocycles. The Labute approximate surface area is 231 Å². The number of amides is 1. The molecule has 2 bridgehead atoms. The highest BCUT2D eigenvalue weighted by Gasteiger charge is 2.78. The van der Waals surface area contributed by atoms with E-state index < -0.39 is 34.4 Å². The Balaban J connectivity index is 1.38. The van der Waals surface area contributed by atoms with Crippen LogP contribution in [0.2, 0.25) is 0 Å². The van der Waals surface area contributed by atoms with Gasteiger partial charge in [-0.3, -0.25) is 9.69 Å². The molecule has 2 aliphatic carbocycles. The van der Waals surface area contributed by atoms with Gasteiger partial charge in [0.25, 0.3) is 0 Å². The van der Waals surface area contributed by atoms with Crippen molar-refractivity contribution >= 4 is 12.0 Å². The second-order valence-corrected chi connectivity index (χ2v) is 11.7. The fourth-order valence-corrected chi connectivity index (χ4v) is 8.27. The minimum Gasteiger partial charge on any atom is -0.504 e. The molecule has 0 aromatic heterocycles. The van der Waals surface area contributed by atoms with Crippen molar-refractivity contribution in [3.05, 3.63) is 77.4 Å². The number of ether oxygens (including phenoxy) is 1. The molecule has 2 heterocycles. The Hall–Kier alpha value is -3.30. The number of nitrogens with zero attached hydrogens (tertiary/aromatic N) is 2. The number of benzene rings is 2. The van der Waals surface area contributed by atoms with Gasteiger partial charge in [-0.25, -0.2) is 0 Å². The summed E-state index contributed by atoms with van der Waals surface area (Å²) >= 11 is 0. The van der Waals surface area contributed by atoms with Crippen LogP contribution in [0.25, 0.3) is 6.08 Å². The third-order valence-electron chi connectivity index (χ3n) is 9.98. The average molecular weight is 555 g/mol. The van der Waals surface area contributed by atoms with E-state index in [1.807, 2.05) is 19.1 Å². The highest BCUT2D eigenvalue weighted by atomic mass is 19.4. The summed E-state index contributed by atoms with van der Waals surface area (Å²) in [5.74, 6) is 0.00229. The number of likely N-dealkylation sites (N-methyl/N-ethyl adjacent to an activating group) is 1. The third kappa shape index (κ3) is 3.46. The predicted octanol–water partition coefficient (Wildman–Crippen LogP) is 4.68. The second kappa shape index (κ2) is 8.85. The molecule has 1 spiro atoms. The normalized spacial score (nSPS) is 32.5. The van der Waals surface area contributed by atoms with Crippen LogP contribution in [-0.2, 0) is 22.8 Å². The van der Waals surface area contributed by atoms with Gasteiger partial charge in [0.15, 0.2) is 11.5 Å². The number of piperidine rings is 1. The van der Waals surface area contributed by atoms with Crippen molar-refractivity contribution in [3.8, 4) is 11.5 Å². The van der Waals surface area contributed by atoms with Crippen molar-refractivity contribution in [2.24, 2.45) is 0 Å². The van der Waals surface area contributed by atoms with Gasteiger partial charge in [-0.2, -0.15) is 13.2 Å². The summed E-state index contributed by atoms with van der Waals surface area (Å²) in [7, 11) is 1.66. The molecule has 1 saturated carbocycles. The number of rotatable bonds is 5. The van der Waals surface area contributed by atoms with Crippen molar-refractivity contribution in [1.82, 2.24) is 9.80 Å². The number of aromatic hydroxyl groups is 1. The molecule has 0 radical (unpaired) electrons. The summed E-state index contributed by atoms with van der Waals surface area (Å²) in [6.07, 6.45) is 2.11. The molecule has 2 fully saturated rings. The number of likely N-dealkylation sites (tertiary alicyclic amines) is 1. The molecule has 6 rings (SSSR count). The number of hydrogen-bond acceptors (Lipinski definition) is 5. The number of phenolic OH excluding ortho intramolecular Hbond substituents is 1. The topological polar surface area (TPSA) is 73.2 Å². The van der Waals surface area contributed by atoms with E-state index >= 15 is 0 Å². The van der Waals surface area contributed by atoms with E-state index in [9.17, 15) is 28.2 Å². The number of carbonyl (C=O) groups excluding carboxylic acids is 1. The lowest BCUT2D eigenvalue weighted by atomic mass is 9.44. The van der Waals surface area contributed by atoms with Gasteiger partial charge in [0, 0.05) is 37.8 Å². The molecule has 1 saturated heterocycles. The lowest BCUT2D eigenvalue weighted by molar-refractivity contribution is -0.227. The largest absolute Gasteiger partial charge is 0.504 e. The summed E-state index contributed by atoms with van der Waals surface area (Å²) in [5.41, 5.74) is -1.70. The maximum Gasteiger partial charge on any atom is 0.416 e. The quantitative estimate of drug-likeness (QED) is 0.415. The Kier molecular flexibility index (Phi) is 5.95. The van der Waals surface area contributed by atoms with Gasteiger partial charge in [0.1, 0.15) is 5.60 Å². The summed E-state index contributed by atoms with van der Waals surface area (Å²) in [4.78, 5) is 17.3. The Morgan fingerprint density at radius 2 is 2.05 bits per heavy atom. The van der Waals surface area contributed by atoms with Crippen molar-refractivity contribution in [3.63, 3.8) is 0 Å². The molecule has 2 aromatic carbocycles. The van der Waals surface area contributed by atoms with Crippen molar-refractivity contribution in [2.75, 3.05) is 20.1 Å². The summed E-state index contributed by atoms with van der Waals surface area (Å²) in [6.45, 7) is 7.17. The van der Waals surface area contributed by atoms with E-state index in [1.165, 1.54) is 24.3 Å². The van der Waals surface area contributed by atoms with Crippen LogP contribution in [0, 0.1) is 0 Å². The zero-order chi connectivity index (χ0) is 28.7. The number of carbonyl (C=O) groups is 1. The molecule has 6 nitrogen and oxygen atoms in total. The maximum absolute atomic E-state index is 13.4. The molecule has 212 valence electrons. The molecule has 2 aromatic rings. The maximum atomic E-state index is 13.4. The Bertz CT molecular complexity index is 1420. The van der Waals surface area contributed by atoms with Crippen molar-refractivity contribution in [2.45, 2.75) is 67.5 Å². The minimum atomic E-state index is -4.48. The molecule has 0 unspecified atom stereocenters. The monoisotopic (exact) mass is 554 g/mol. The van der Waals surface area contributed by atoms with Gasteiger partial charge in [0.05, 0.1) is 22.6 Å². The molecule has 2 N–H and O–H groups in total. The molecule has 1 amide bonds. The number of aliphatic hydroxyl groups is 1. The summed E-state index contributed by atoms with van der Waals surface area (Å²) in [5, 5.41) is 23.5. The first-order valence-corrected chi connectivity index (χ1v) is 13.6. The predicted molar refractivity (Wildman–Crippen MR) is 144 cm³/mol. The van der Waals surface area contributed by atoms with Gasteiger partial charge < -0.3 is 19.8 Å². The zero-order valence-corrected chi connectivity index (χ0v) is 22.5. The van der Waals surface area contributed by atoms with Crippen LogP contribution in [0.3, 0.4) is 0 Å². The number of halogens is 3. The Morgan fingerprint density at radius 1 is 1.27 bits per heavy atom. The fourth-order valence-electron chi connectivity index (χ4n) is 8.27. The summed E-state index contributed by atoms with van der Waals surface area (Å²) in [6, 6.07) is 7.72. The standard InChI is InChI=1S/C31H33F3N2O4/c1-4-15-36-16-14-29-26-20-9-10-22(37)27(26)40-28(29,2)23(12-13-30(29,39)24(36)18-20)35(3)25(38)11-8-19-6-5-7-21(17-19)31(32,33)34/h4-11,17,23-24,37,39H,1,12-16,18H2,2-3H3/t23-,24-,28+,29+,30-/m1/s1. The zero-order valence-electron chi connectivity index (χ0n) is 22.5. The fraction of sp³-hybridized carbons (Fsp3) is 0.452. The van der Waals surface area contributed by atoms with E-state index in [4.69, 9.17) is 4.74 Å². The first-order valence-electron chi connectivity index (χ1n) is 13.6. The lowest BCUT2D eigenvalue weighted by Crippen LogP contribution is -2.82. The van der Waals surface area contributed by atoms with Gasteiger partial charge >= 0.3 is 6.18 Å². The lowest BCUT2D eigenvalue weighted by Gasteiger charge is -2.67. The molecular weight excluding hydrogens is 521 g/mol. The van der Waals surface area contributed by atoms with Gasteiger partial charge in [-0.1, -0.05) is 24.3 Å². The van der Waals surface area contributed by atoms with Crippen LogP contribution < -0.4 is 4.74 Å². The van der Waals surface area contributed by atoms with Crippen LogP contribution in [0.1, 0.15) is 48.4 Å². The number of hydrogen-bond donors (Lipinski definition) is 2. The van der Waals surface area contributed by atoms with Gasteiger partial charge in [-0.15, -0.1) is 6.58 Å². The molecule has 4 aliphatic rings. The highest BCUT2D eigenvalue weighted by molar-refractivity contribution is 5.92. The average Bonchev–Trinajstić information content (AvgIpc) is 3.19. The molecule has 9 heteroatoms. The molecule has 40 heavy (non-hydrogen) atoms. The first-order chi connectivity index (χ1) is 18.9. The van der Waals surface area contributed by atoms with Crippen LogP contribution in [-0.4, -0.2) is 69.3 Å². The van der Waals surface area contributed by atoms with E-state index in [0.717, 1.165) is 23.3 Å². The van der Waals surface area contributed by atoms with Crippen molar-refractivity contribution in [1.29, 1.82) is 0 Å². The van der Waals surface area contributed by atoms with Crippen LogP contribution in [0.4, 0.5) is 13.2 Å². The van der Waals surface area contributed by atoms with Gasteiger partial charge in [-0.05, 0) is 68.0 Å². The van der Waals surface area contributed by atoms with Crippen LogP contribution in [0.15, 0.2) is 55.1 Å². The van der Waals surface area contributed by atoms with Crippen LogP contribution in [0.5, 0.6) is 11.5 Å². The van der Waals surface area contributed by atoms with E-state index in [2.05, 4.69) is 11.5 Å². The minimum absolute atomic E-state index is 0.00948. The SMILES string of the molecule is C=CCN1CC[C@]23c4c5ccc(O)c4O[C@@]2(C)[C@H](N(C)C(=O)C=Cc2cccc(C(F)(F)F)c2)CC[C@@]3(O)[C@H]1C5. The second-order valence-electron chi connectivity index (χ2n) is 11.7. The molecule has 5 atom stereocenters. The van der Waals surface area contributed by atoms with Crippen molar-refractivity contribution < 1.29 is 32.9 Å². The summed E-state index contributed by atoms with van der Waals surface area (Å²) < 4.78 is 46.1. The van der Waals surface area contributed by atoms with E-state index in [1.54, 1.807) is 18.0 Å². The number of alkyl halides is 3. The Morgan fingerprint density at radius 3 is 2.77 bits per heavy atom. The van der Waals surface area contributed by atoms with Gasteiger partial charge in [0.2, 0.25) is 5.91 Å². The first kappa shape index (κ1) is 26.9. The number of phenols is 1. The third-order valence-corrected chi connectivity index (χ3v) is 9.98. The van der Waals surface area contributed by atoms with Crippen LogP contribution >= 0.6 is 0 Å².